The quantitative estimate of drug-likeness (QED) is 0.777. The number of aromatic nitrogens is 4. The van der Waals surface area contributed by atoms with E-state index in [0.29, 0.717) is 24.0 Å². The Balaban J connectivity index is 1.91. The van der Waals surface area contributed by atoms with Crippen LogP contribution in [0.25, 0.3) is 5.69 Å². The summed E-state index contributed by atoms with van der Waals surface area (Å²) in [7, 11) is 0. The third-order valence-corrected chi connectivity index (χ3v) is 4.07. The Labute approximate surface area is 142 Å². The van der Waals surface area contributed by atoms with E-state index in [-0.39, 0.29) is 6.03 Å². The highest BCUT2D eigenvalue weighted by molar-refractivity contribution is 5.89. The summed E-state index contributed by atoms with van der Waals surface area (Å²) in [5.41, 5.74) is 1.52. The second-order valence-electron chi connectivity index (χ2n) is 5.94. The van der Waals surface area contributed by atoms with Crippen LogP contribution in [0.1, 0.15) is 45.4 Å². The number of aryl methyl sites for hydroxylation is 1. The number of amides is 2. The number of hydrogen-bond donors (Lipinski definition) is 2. The molecular formula is C17H26N6O. The van der Waals surface area contributed by atoms with Crippen molar-refractivity contribution in [2.45, 2.75) is 46.5 Å². The number of nitrogens with one attached hydrogen (secondary N) is 2. The summed E-state index contributed by atoms with van der Waals surface area (Å²) in [5, 5.41) is 17.3. The predicted octanol–water partition coefficient (Wildman–Crippen LogP) is 3.31. The van der Waals surface area contributed by atoms with Gasteiger partial charge in [0.25, 0.3) is 0 Å². The molecule has 2 rings (SSSR count). The SMILES string of the molecule is CCCCC(CC)CNC(=O)Nc1cccc(-n2nnnc2C)c1. The lowest BCUT2D eigenvalue weighted by molar-refractivity contribution is 0.249. The van der Waals surface area contributed by atoms with Gasteiger partial charge in [-0.2, -0.15) is 4.68 Å². The van der Waals surface area contributed by atoms with Gasteiger partial charge in [0.2, 0.25) is 0 Å². The number of hydrogen-bond acceptors (Lipinski definition) is 4. The molecule has 1 unspecified atom stereocenters. The van der Waals surface area contributed by atoms with E-state index >= 15 is 0 Å². The summed E-state index contributed by atoms with van der Waals surface area (Å²) < 4.78 is 1.63. The molecule has 24 heavy (non-hydrogen) atoms. The van der Waals surface area contributed by atoms with Crippen molar-refractivity contribution < 1.29 is 4.79 Å². The molecule has 1 atom stereocenters. The lowest BCUT2D eigenvalue weighted by Crippen LogP contribution is -2.33. The number of benzene rings is 1. The molecule has 0 aliphatic rings. The van der Waals surface area contributed by atoms with E-state index in [2.05, 4.69) is 40.0 Å². The van der Waals surface area contributed by atoms with Gasteiger partial charge in [-0.3, -0.25) is 0 Å². The molecule has 0 aliphatic heterocycles. The maximum atomic E-state index is 12.1. The lowest BCUT2D eigenvalue weighted by Gasteiger charge is -2.16. The van der Waals surface area contributed by atoms with E-state index in [1.165, 1.54) is 12.8 Å². The fourth-order valence-corrected chi connectivity index (χ4v) is 2.54. The molecule has 7 heteroatoms. The molecule has 7 nitrogen and oxygen atoms in total. The van der Waals surface area contributed by atoms with Crippen LogP contribution in [0.2, 0.25) is 0 Å². The van der Waals surface area contributed by atoms with Crippen LogP contribution in [0.4, 0.5) is 10.5 Å². The summed E-state index contributed by atoms with van der Waals surface area (Å²) in [6.07, 6.45) is 4.62. The van der Waals surface area contributed by atoms with E-state index in [1.807, 2.05) is 31.2 Å². The van der Waals surface area contributed by atoms with Gasteiger partial charge in [-0.25, -0.2) is 4.79 Å². The fourth-order valence-electron chi connectivity index (χ4n) is 2.54. The number of carbonyl (C=O) groups is 1. The molecule has 0 bridgehead atoms. The van der Waals surface area contributed by atoms with Crippen molar-refractivity contribution in [1.82, 2.24) is 25.5 Å². The Morgan fingerprint density at radius 2 is 2.17 bits per heavy atom. The minimum atomic E-state index is -0.185. The molecule has 2 N–H and O–H groups in total. The Kier molecular flexibility index (Phi) is 6.72. The molecule has 1 aromatic heterocycles. The van der Waals surface area contributed by atoms with Crippen LogP contribution < -0.4 is 10.6 Å². The first-order valence-corrected chi connectivity index (χ1v) is 8.54. The van der Waals surface area contributed by atoms with Crippen LogP contribution in [0, 0.1) is 12.8 Å². The average Bonchev–Trinajstić information content (AvgIpc) is 3.01. The third-order valence-electron chi connectivity index (χ3n) is 4.07. The smallest absolute Gasteiger partial charge is 0.319 e. The highest BCUT2D eigenvalue weighted by Gasteiger charge is 2.09. The van der Waals surface area contributed by atoms with Crippen molar-refractivity contribution in [3.8, 4) is 5.69 Å². The van der Waals surface area contributed by atoms with E-state index in [0.717, 1.165) is 18.5 Å². The summed E-state index contributed by atoms with van der Waals surface area (Å²) in [6.45, 7) is 6.88. The van der Waals surface area contributed by atoms with Gasteiger partial charge in [-0.1, -0.05) is 39.2 Å². The van der Waals surface area contributed by atoms with Gasteiger partial charge in [-0.15, -0.1) is 5.10 Å². The Hall–Kier alpha value is -2.44. The van der Waals surface area contributed by atoms with E-state index < -0.39 is 0 Å². The Bertz CT molecular complexity index is 654. The number of unbranched alkanes of at least 4 members (excludes halogenated alkanes) is 1. The normalized spacial score (nSPS) is 12.0. The van der Waals surface area contributed by atoms with Gasteiger partial charge >= 0.3 is 6.03 Å². The van der Waals surface area contributed by atoms with Gasteiger partial charge in [0.15, 0.2) is 5.82 Å². The molecule has 2 aromatic rings. The van der Waals surface area contributed by atoms with E-state index in [4.69, 9.17) is 0 Å². The Morgan fingerprint density at radius 1 is 1.33 bits per heavy atom. The summed E-state index contributed by atoms with van der Waals surface area (Å²) in [5.74, 6) is 1.23. The van der Waals surface area contributed by atoms with Gasteiger partial charge in [-0.05, 0) is 47.9 Å². The second kappa shape index (κ2) is 9.00. The number of urea groups is 1. The zero-order chi connectivity index (χ0) is 17.4. The number of rotatable bonds is 8. The van der Waals surface area contributed by atoms with Crippen LogP contribution in [-0.2, 0) is 0 Å². The second-order valence-corrected chi connectivity index (χ2v) is 5.94. The number of anilines is 1. The lowest BCUT2D eigenvalue weighted by atomic mass is 9.99. The Morgan fingerprint density at radius 3 is 2.83 bits per heavy atom. The first-order valence-electron chi connectivity index (χ1n) is 8.54. The molecule has 1 aromatic carbocycles. The van der Waals surface area contributed by atoms with Crippen molar-refractivity contribution in [1.29, 1.82) is 0 Å². The number of tetrazole rings is 1. The molecule has 0 saturated carbocycles. The van der Waals surface area contributed by atoms with Gasteiger partial charge in [0, 0.05) is 12.2 Å². The highest BCUT2D eigenvalue weighted by Crippen LogP contribution is 2.15. The van der Waals surface area contributed by atoms with Crippen molar-refractivity contribution in [3.05, 3.63) is 30.1 Å². The highest BCUT2D eigenvalue weighted by atomic mass is 16.2. The zero-order valence-corrected chi connectivity index (χ0v) is 14.6. The predicted molar refractivity (Wildman–Crippen MR) is 94.2 cm³/mol. The first-order chi connectivity index (χ1) is 11.6. The summed E-state index contributed by atoms with van der Waals surface area (Å²) >= 11 is 0. The minimum absolute atomic E-state index is 0.185. The third kappa shape index (κ3) is 5.04. The monoisotopic (exact) mass is 330 g/mol. The van der Waals surface area contributed by atoms with Gasteiger partial charge < -0.3 is 10.6 Å². The first kappa shape index (κ1) is 17.9. The average molecular weight is 330 g/mol. The molecule has 130 valence electrons. The van der Waals surface area contributed by atoms with Gasteiger partial charge in [0.1, 0.15) is 0 Å². The van der Waals surface area contributed by atoms with Crippen molar-refractivity contribution >= 4 is 11.7 Å². The van der Waals surface area contributed by atoms with E-state index in [1.54, 1.807) is 4.68 Å². The van der Waals surface area contributed by atoms with Crippen molar-refractivity contribution in [3.63, 3.8) is 0 Å². The largest absolute Gasteiger partial charge is 0.338 e. The van der Waals surface area contributed by atoms with Crippen LogP contribution >= 0.6 is 0 Å². The molecule has 0 radical (unpaired) electrons. The molecule has 0 aliphatic carbocycles. The summed E-state index contributed by atoms with van der Waals surface area (Å²) in [4.78, 5) is 12.1. The molecule has 0 saturated heterocycles. The molecule has 2 amide bonds. The van der Waals surface area contributed by atoms with Crippen molar-refractivity contribution in [2.24, 2.45) is 5.92 Å². The standard InChI is InChI=1S/C17H26N6O/c1-4-6-8-14(5-2)12-18-17(24)19-15-9-7-10-16(11-15)23-13(3)20-21-22-23/h7,9-11,14H,4-6,8,12H2,1-3H3,(H2,18,19,24). The van der Waals surface area contributed by atoms with Crippen LogP contribution in [-0.4, -0.2) is 32.8 Å². The molecule has 0 spiro atoms. The van der Waals surface area contributed by atoms with E-state index in [9.17, 15) is 4.79 Å². The van der Waals surface area contributed by atoms with Crippen LogP contribution in [0.3, 0.4) is 0 Å². The fraction of sp³-hybridized carbons (Fsp3) is 0.529. The minimum Gasteiger partial charge on any atom is -0.338 e. The topological polar surface area (TPSA) is 84.7 Å². The zero-order valence-electron chi connectivity index (χ0n) is 14.6. The molecule has 0 fully saturated rings. The maximum absolute atomic E-state index is 12.1. The number of carbonyl (C=O) groups excluding carboxylic acids is 1. The van der Waals surface area contributed by atoms with Crippen molar-refractivity contribution in [2.75, 3.05) is 11.9 Å². The number of nitrogens with zero attached hydrogens (tertiary/aromatic N) is 4. The maximum Gasteiger partial charge on any atom is 0.319 e. The molecular weight excluding hydrogens is 304 g/mol. The van der Waals surface area contributed by atoms with Crippen LogP contribution in [0.5, 0.6) is 0 Å². The molecule has 1 heterocycles. The van der Waals surface area contributed by atoms with Crippen LogP contribution in [0.15, 0.2) is 24.3 Å². The summed E-state index contributed by atoms with van der Waals surface area (Å²) in [6, 6.07) is 7.26. The van der Waals surface area contributed by atoms with Gasteiger partial charge in [0.05, 0.1) is 5.69 Å².